The van der Waals surface area contributed by atoms with Gasteiger partial charge in [-0.15, -0.1) is 0 Å². The Hall–Kier alpha value is -2.11. The highest BCUT2D eigenvalue weighted by molar-refractivity contribution is 6.00. The van der Waals surface area contributed by atoms with Crippen LogP contribution in [0.3, 0.4) is 0 Å². The zero-order valence-corrected chi connectivity index (χ0v) is 12.0. The summed E-state index contributed by atoms with van der Waals surface area (Å²) in [6.45, 7) is 3.19. The number of nitro groups is 1. The average Bonchev–Trinajstić information content (AvgIpc) is 3.09. The highest BCUT2D eigenvalue weighted by Crippen LogP contribution is 2.39. The third kappa shape index (κ3) is 2.34. The number of amides is 1. The molecule has 1 aliphatic heterocycles. The molecular weight excluding hydrogens is 270 g/mol. The van der Waals surface area contributed by atoms with Crippen LogP contribution in [0.15, 0.2) is 18.2 Å². The summed E-state index contributed by atoms with van der Waals surface area (Å²) in [4.78, 5) is 25.5. The number of nitrogens with one attached hydrogen (secondary N) is 1. The first kappa shape index (κ1) is 13.9. The van der Waals surface area contributed by atoms with Crippen molar-refractivity contribution >= 4 is 17.3 Å². The van der Waals surface area contributed by atoms with Crippen LogP contribution in [0.4, 0.5) is 11.4 Å². The summed E-state index contributed by atoms with van der Waals surface area (Å²) in [6.07, 6.45) is 3.25. The Labute approximate surface area is 123 Å². The van der Waals surface area contributed by atoms with Gasteiger partial charge < -0.3 is 10.2 Å². The van der Waals surface area contributed by atoms with E-state index in [4.69, 9.17) is 0 Å². The average molecular weight is 289 g/mol. The molecule has 3 rings (SSSR count). The minimum atomic E-state index is -0.459. The van der Waals surface area contributed by atoms with Gasteiger partial charge in [-0.1, -0.05) is 6.07 Å². The van der Waals surface area contributed by atoms with Crippen LogP contribution in [-0.4, -0.2) is 34.9 Å². The van der Waals surface area contributed by atoms with Crippen LogP contribution >= 0.6 is 0 Å². The molecule has 1 saturated carbocycles. The monoisotopic (exact) mass is 289 g/mol. The summed E-state index contributed by atoms with van der Waals surface area (Å²) >= 11 is 0. The van der Waals surface area contributed by atoms with Crippen molar-refractivity contribution in [3.63, 3.8) is 0 Å². The summed E-state index contributed by atoms with van der Waals surface area (Å²) < 4.78 is 0. The van der Waals surface area contributed by atoms with E-state index in [0.717, 1.165) is 19.4 Å². The van der Waals surface area contributed by atoms with Crippen molar-refractivity contribution in [1.29, 1.82) is 0 Å². The van der Waals surface area contributed by atoms with E-state index in [1.165, 1.54) is 6.42 Å². The van der Waals surface area contributed by atoms with E-state index in [9.17, 15) is 14.9 Å². The van der Waals surface area contributed by atoms with Crippen molar-refractivity contribution in [3.05, 3.63) is 33.9 Å². The number of para-hydroxylation sites is 1. The SMILES string of the molecule is CCNc1cccc(C(=O)N2CC3CCC2C3)c1[N+](=O)[O-]. The van der Waals surface area contributed by atoms with Gasteiger partial charge in [0.15, 0.2) is 0 Å². The molecule has 1 heterocycles. The Balaban J connectivity index is 1.95. The number of fused-ring (bicyclic) bond motifs is 2. The first-order chi connectivity index (χ1) is 10.1. The second-order valence-electron chi connectivity index (χ2n) is 5.78. The van der Waals surface area contributed by atoms with Crippen LogP contribution < -0.4 is 5.32 Å². The lowest BCUT2D eigenvalue weighted by Gasteiger charge is -2.27. The quantitative estimate of drug-likeness (QED) is 0.683. The van der Waals surface area contributed by atoms with E-state index in [1.807, 2.05) is 11.8 Å². The number of nitrogens with zero attached hydrogens (tertiary/aromatic N) is 2. The molecule has 6 heteroatoms. The van der Waals surface area contributed by atoms with Gasteiger partial charge >= 0.3 is 5.69 Å². The Kier molecular flexibility index (Phi) is 3.53. The molecular formula is C15H19N3O3. The highest BCUT2D eigenvalue weighted by atomic mass is 16.6. The molecule has 1 aromatic carbocycles. The number of nitro benzene ring substituents is 1. The largest absolute Gasteiger partial charge is 0.380 e. The fourth-order valence-corrected chi connectivity index (χ4v) is 3.57. The number of anilines is 1. The molecule has 112 valence electrons. The van der Waals surface area contributed by atoms with Crippen molar-refractivity contribution < 1.29 is 9.72 Å². The van der Waals surface area contributed by atoms with Crippen LogP contribution in [0.25, 0.3) is 0 Å². The van der Waals surface area contributed by atoms with E-state index >= 15 is 0 Å². The standard InChI is InChI=1S/C15H19N3O3/c1-2-16-13-5-3-4-12(14(13)18(20)21)15(19)17-9-10-6-7-11(17)8-10/h3-5,10-11,16H,2,6-9H2,1H3. The number of piperidine rings is 1. The van der Waals surface area contributed by atoms with E-state index in [-0.39, 0.29) is 23.2 Å². The smallest absolute Gasteiger partial charge is 0.305 e. The van der Waals surface area contributed by atoms with Gasteiger partial charge in [0, 0.05) is 19.1 Å². The molecule has 6 nitrogen and oxygen atoms in total. The van der Waals surface area contributed by atoms with Crippen molar-refractivity contribution in [3.8, 4) is 0 Å². The fraction of sp³-hybridized carbons (Fsp3) is 0.533. The van der Waals surface area contributed by atoms with E-state index < -0.39 is 4.92 Å². The minimum Gasteiger partial charge on any atom is -0.380 e. The molecule has 2 atom stereocenters. The molecule has 0 aromatic heterocycles. The Bertz CT molecular complexity index is 588. The number of hydrogen-bond acceptors (Lipinski definition) is 4. The normalized spacial score (nSPS) is 23.4. The summed E-state index contributed by atoms with van der Waals surface area (Å²) in [6, 6.07) is 5.18. The molecule has 2 unspecified atom stereocenters. The van der Waals surface area contributed by atoms with Gasteiger partial charge in [0.25, 0.3) is 5.91 Å². The molecule has 1 amide bonds. The number of benzene rings is 1. The number of carbonyl (C=O) groups excluding carboxylic acids is 1. The van der Waals surface area contributed by atoms with E-state index in [0.29, 0.717) is 18.2 Å². The van der Waals surface area contributed by atoms with Gasteiger partial charge in [0.1, 0.15) is 11.3 Å². The molecule has 1 saturated heterocycles. The highest BCUT2D eigenvalue weighted by Gasteiger charge is 2.42. The number of rotatable bonds is 4. The predicted molar refractivity (Wildman–Crippen MR) is 79.4 cm³/mol. The molecule has 2 fully saturated rings. The van der Waals surface area contributed by atoms with E-state index in [1.54, 1.807) is 18.2 Å². The van der Waals surface area contributed by atoms with Crippen molar-refractivity contribution in [2.24, 2.45) is 5.92 Å². The third-order valence-corrected chi connectivity index (χ3v) is 4.49. The number of hydrogen-bond donors (Lipinski definition) is 1. The summed E-state index contributed by atoms with van der Waals surface area (Å²) in [5.41, 5.74) is 0.510. The Morgan fingerprint density at radius 1 is 1.48 bits per heavy atom. The fourth-order valence-electron chi connectivity index (χ4n) is 3.57. The second-order valence-corrected chi connectivity index (χ2v) is 5.78. The van der Waals surface area contributed by atoms with Gasteiger partial charge in [0.05, 0.1) is 4.92 Å². The lowest BCUT2D eigenvalue weighted by molar-refractivity contribution is -0.384. The van der Waals surface area contributed by atoms with Crippen LogP contribution in [0.2, 0.25) is 0 Å². The van der Waals surface area contributed by atoms with Crippen LogP contribution in [-0.2, 0) is 0 Å². The Morgan fingerprint density at radius 3 is 2.86 bits per heavy atom. The zero-order valence-electron chi connectivity index (χ0n) is 12.0. The molecule has 1 aliphatic carbocycles. The van der Waals surface area contributed by atoms with E-state index in [2.05, 4.69) is 5.32 Å². The molecule has 0 radical (unpaired) electrons. The maximum atomic E-state index is 12.7. The first-order valence-corrected chi connectivity index (χ1v) is 7.44. The third-order valence-electron chi connectivity index (χ3n) is 4.49. The minimum absolute atomic E-state index is 0.105. The first-order valence-electron chi connectivity index (χ1n) is 7.44. The van der Waals surface area contributed by atoms with Crippen molar-refractivity contribution in [2.45, 2.75) is 32.2 Å². The van der Waals surface area contributed by atoms with Gasteiger partial charge in [-0.3, -0.25) is 14.9 Å². The molecule has 2 aliphatic rings. The molecule has 2 bridgehead atoms. The zero-order chi connectivity index (χ0) is 15.0. The van der Waals surface area contributed by atoms with Gasteiger partial charge in [-0.05, 0) is 44.2 Å². The van der Waals surface area contributed by atoms with Gasteiger partial charge in [-0.2, -0.15) is 0 Å². The lowest BCUT2D eigenvalue weighted by atomic mass is 10.1. The molecule has 21 heavy (non-hydrogen) atoms. The lowest BCUT2D eigenvalue weighted by Crippen LogP contribution is -2.38. The maximum Gasteiger partial charge on any atom is 0.305 e. The van der Waals surface area contributed by atoms with Crippen LogP contribution in [0, 0.1) is 16.0 Å². The summed E-state index contributed by atoms with van der Waals surface area (Å²) in [5.74, 6) is 0.378. The van der Waals surface area contributed by atoms with Gasteiger partial charge in [-0.25, -0.2) is 0 Å². The molecule has 1 N–H and O–H groups in total. The predicted octanol–water partition coefficient (Wildman–Crippen LogP) is 2.65. The summed E-state index contributed by atoms with van der Waals surface area (Å²) in [5, 5.41) is 14.4. The second kappa shape index (κ2) is 5.35. The molecule has 0 spiro atoms. The molecule has 1 aromatic rings. The van der Waals surface area contributed by atoms with Crippen LogP contribution in [0.5, 0.6) is 0 Å². The van der Waals surface area contributed by atoms with Crippen molar-refractivity contribution in [2.75, 3.05) is 18.4 Å². The van der Waals surface area contributed by atoms with Crippen molar-refractivity contribution in [1.82, 2.24) is 4.90 Å². The summed E-state index contributed by atoms with van der Waals surface area (Å²) in [7, 11) is 0. The van der Waals surface area contributed by atoms with Crippen LogP contribution in [0.1, 0.15) is 36.5 Å². The number of carbonyl (C=O) groups is 1. The Morgan fingerprint density at radius 2 is 2.29 bits per heavy atom. The number of likely N-dealkylation sites (tertiary alicyclic amines) is 1. The van der Waals surface area contributed by atoms with Gasteiger partial charge in [0.2, 0.25) is 0 Å². The maximum absolute atomic E-state index is 12.7. The topological polar surface area (TPSA) is 75.5 Å².